The van der Waals surface area contributed by atoms with Gasteiger partial charge in [0.2, 0.25) is 0 Å². The summed E-state index contributed by atoms with van der Waals surface area (Å²) in [5, 5.41) is 3.92. The normalized spacial score (nSPS) is 27.8. The Morgan fingerprint density at radius 3 is 2.68 bits per heavy atom. The summed E-state index contributed by atoms with van der Waals surface area (Å²) in [4.78, 5) is 15.8. The molecule has 5 rings (SSSR count). The summed E-state index contributed by atoms with van der Waals surface area (Å²) in [7, 11) is 0. The van der Waals surface area contributed by atoms with Gasteiger partial charge in [0, 0.05) is 21.8 Å². The molecule has 0 unspecified atom stereocenters. The minimum absolute atomic E-state index is 0.00437. The first-order valence-electron chi connectivity index (χ1n) is 8.74. The molecule has 25 heavy (non-hydrogen) atoms. The Hall–Kier alpha value is -1.53. The van der Waals surface area contributed by atoms with E-state index >= 15 is 0 Å². The molecule has 3 aliphatic heterocycles. The zero-order valence-corrected chi connectivity index (χ0v) is 15.2. The number of nitrogens with one attached hydrogen (secondary N) is 1. The van der Waals surface area contributed by atoms with Crippen molar-refractivity contribution in [3.63, 3.8) is 0 Å². The summed E-state index contributed by atoms with van der Waals surface area (Å²) in [5.74, 6) is 0.350. The van der Waals surface area contributed by atoms with Crippen LogP contribution in [0.2, 0.25) is 0 Å². The first-order chi connectivity index (χ1) is 11.9. The predicted octanol–water partition coefficient (Wildman–Crippen LogP) is 4.44. The number of hydrogen-bond acceptors (Lipinski definition) is 3. The third kappa shape index (κ3) is 2.75. The second-order valence-corrected chi connectivity index (χ2v) is 8.66. The molecule has 2 aromatic rings. The summed E-state index contributed by atoms with van der Waals surface area (Å²) in [6.45, 7) is 6.54. The van der Waals surface area contributed by atoms with Crippen LogP contribution in [0.4, 0.5) is 8.78 Å². The molecule has 3 saturated heterocycles. The Kier molecular flexibility index (Phi) is 4.07. The van der Waals surface area contributed by atoms with Crippen LogP contribution in [-0.4, -0.2) is 35.5 Å². The Balaban J connectivity index is 1.61. The highest BCUT2D eigenvalue weighted by molar-refractivity contribution is 7.21. The lowest BCUT2D eigenvalue weighted by Crippen LogP contribution is -2.69. The van der Waals surface area contributed by atoms with Gasteiger partial charge in [0.15, 0.2) is 0 Å². The van der Waals surface area contributed by atoms with Crippen molar-refractivity contribution in [1.29, 1.82) is 0 Å². The van der Waals surface area contributed by atoms with Crippen LogP contribution in [0.5, 0.6) is 0 Å². The standard InChI is InChI=1S/C19H22F2N2OS/c1-19(2)16(11-6-8-23(19)9-7-11)22-18(24)14-10-12-4-3-5-13(17(20)21)15(12)25-14/h3-5,10-11,16-17H,6-9H2,1-2H3,(H,22,24)/t16-/m0/s1. The number of piperidine rings is 3. The van der Waals surface area contributed by atoms with E-state index in [1.54, 1.807) is 18.2 Å². The van der Waals surface area contributed by atoms with E-state index in [-0.39, 0.29) is 23.1 Å². The molecule has 0 radical (unpaired) electrons. The average Bonchev–Trinajstić information content (AvgIpc) is 3.02. The smallest absolute Gasteiger partial charge is 0.265 e. The van der Waals surface area contributed by atoms with Gasteiger partial charge in [0.25, 0.3) is 12.3 Å². The van der Waals surface area contributed by atoms with Crippen molar-refractivity contribution in [2.45, 2.75) is 44.7 Å². The van der Waals surface area contributed by atoms with E-state index in [0.29, 0.717) is 20.9 Å². The van der Waals surface area contributed by atoms with Gasteiger partial charge in [-0.15, -0.1) is 11.3 Å². The van der Waals surface area contributed by atoms with Gasteiger partial charge in [-0.25, -0.2) is 8.78 Å². The number of alkyl halides is 2. The topological polar surface area (TPSA) is 32.3 Å². The van der Waals surface area contributed by atoms with Gasteiger partial charge < -0.3 is 5.32 Å². The largest absolute Gasteiger partial charge is 0.346 e. The Morgan fingerprint density at radius 1 is 1.32 bits per heavy atom. The van der Waals surface area contributed by atoms with E-state index in [9.17, 15) is 13.6 Å². The third-order valence-corrected chi connectivity index (χ3v) is 7.11. The van der Waals surface area contributed by atoms with E-state index in [1.807, 2.05) is 0 Å². The summed E-state index contributed by atoms with van der Waals surface area (Å²) >= 11 is 1.16. The second-order valence-electron chi connectivity index (χ2n) is 7.61. The van der Waals surface area contributed by atoms with Crippen molar-refractivity contribution >= 4 is 27.3 Å². The highest BCUT2D eigenvalue weighted by atomic mass is 32.1. The lowest BCUT2D eigenvalue weighted by molar-refractivity contribution is -0.0377. The summed E-state index contributed by atoms with van der Waals surface area (Å²) in [6, 6.07) is 6.67. The molecule has 1 atom stereocenters. The number of nitrogens with zero attached hydrogens (tertiary/aromatic N) is 1. The first-order valence-corrected chi connectivity index (χ1v) is 9.56. The molecule has 2 bridgehead atoms. The SMILES string of the molecule is CC1(C)[C@@H](NC(=O)c2cc3cccc(C(F)F)c3s2)C2CCN1CC2. The molecule has 1 aromatic carbocycles. The highest BCUT2D eigenvalue weighted by Crippen LogP contribution is 2.39. The second kappa shape index (κ2) is 6.02. The Morgan fingerprint density at radius 2 is 2.04 bits per heavy atom. The van der Waals surface area contributed by atoms with Crippen molar-refractivity contribution < 1.29 is 13.6 Å². The van der Waals surface area contributed by atoms with Gasteiger partial charge in [-0.1, -0.05) is 18.2 Å². The van der Waals surface area contributed by atoms with Gasteiger partial charge in [0.1, 0.15) is 0 Å². The van der Waals surface area contributed by atoms with E-state index in [0.717, 1.165) is 37.3 Å². The zero-order valence-electron chi connectivity index (χ0n) is 14.4. The molecule has 6 heteroatoms. The molecule has 1 N–H and O–H groups in total. The number of benzene rings is 1. The van der Waals surface area contributed by atoms with E-state index in [1.165, 1.54) is 6.07 Å². The van der Waals surface area contributed by atoms with Crippen LogP contribution < -0.4 is 5.32 Å². The number of carbonyl (C=O) groups is 1. The van der Waals surface area contributed by atoms with Crippen molar-refractivity contribution in [2.24, 2.45) is 5.92 Å². The van der Waals surface area contributed by atoms with Crippen LogP contribution in [0.15, 0.2) is 24.3 Å². The van der Waals surface area contributed by atoms with Gasteiger partial charge in [-0.05, 0) is 57.1 Å². The van der Waals surface area contributed by atoms with Gasteiger partial charge in [0.05, 0.1) is 4.88 Å². The molecule has 3 aliphatic rings. The van der Waals surface area contributed by atoms with Crippen LogP contribution >= 0.6 is 11.3 Å². The van der Waals surface area contributed by atoms with E-state index < -0.39 is 6.43 Å². The fourth-order valence-corrected chi connectivity index (χ4v) is 5.54. The monoisotopic (exact) mass is 364 g/mol. The fraction of sp³-hybridized carbons (Fsp3) is 0.526. The van der Waals surface area contributed by atoms with Gasteiger partial charge in [-0.3, -0.25) is 9.69 Å². The first kappa shape index (κ1) is 16.9. The number of rotatable bonds is 3. The third-order valence-electron chi connectivity index (χ3n) is 5.91. The predicted molar refractivity (Wildman–Crippen MR) is 96.4 cm³/mol. The van der Waals surface area contributed by atoms with Crippen LogP contribution in [0.3, 0.4) is 0 Å². The summed E-state index contributed by atoms with van der Waals surface area (Å²) in [6.07, 6.45) is -0.314. The van der Waals surface area contributed by atoms with Crippen molar-refractivity contribution in [2.75, 3.05) is 13.1 Å². The lowest BCUT2D eigenvalue weighted by Gasteiger charge is -2.56. The fourth-order valence-electron chi connectivity index (χ4n) is 4.46. The van der Waals surface area contributed by atoms with Crippen LogP contribution in [-0.2, 0) is 0 Å². The number of hydrogen-bond donors (Lipinski definition) is 1. The van der Waals surface area contributed by atoms with Gasteiger partial charge >= 0.3 is 0 Å². The molecule has 134 valence electrons. The van der Waals surface area contributed by atoms with Crippen molar-refractivity contribution in [3.05, 3.63) is 34.7 Å². The minimum Gasteiger partial charge on any atom is -0.346 e. The molecule has 0 saturated carbocycles. The van der Waals surface area contributed by atoms with E-state index in [2.05, 4.69) is 24.1 Å². The maximum absolute atomic E-state index is 13.2. The molecule has 1 aromatic heterocycles. The molecular weight excluding hydrogens is 342 g/mol. The van der Waals surface area contributed by atoms with Crippen LogP contribution in [0, 0.1) is 5.92 Å². The Labute approximate surface area is 150 Å². The quantitative estimate of drug-likeness (QED) is 0.873. The number of halogens is 2. The molecule has 3 nitrogen and oxygen atoms in total. The highest BCUT2D eigenvalue weighted by Gasteiger charge is 2.48. The number of amides is 1. The summed E-state index contributed by atoms with van der Waals surface area (Å²) < 4.78 is 26.9. The maximum atomic E-state index is 13.2. The lowest BCUT2D eigenvalue weighted by atomic mass is 9.72. The number of thiophene rings is 1. The molecule has 3 fully saturated rings. The van der Waals surface area contributed by atoms with E-state index in [4.69, 9.17) is 0 Å². The Bertz CT molecular complexity index is 809. The average molecular weight is 364 g/mol. The molecular formula is C19H22F2N2OS. The van der Waals surface area contributed by atoms with Crippen LogP contribution in [0.25, 0.3) is 10.1 Å². The van der Waals surface area contributed by atoms with Gasteiger partial charge in [-0.2, -0.15) is 0 Å². The number of fused-ring (bicyclic) bond motifs is 4. The molecule has 0 aliphatic carbocycles. The zero-order chi connectivity index (χ0) is 17.8. The maximum Gasteiger partial charge on any atom is 0.265 e. The van der Waals surface area contributed by atoms with Crippen LogP contribution in [0.1, 0.15) is 48.3 Å². The molecule has 1 amide bonds. The molecule has 4 heterocycles. The molecule has 0 spiro atoms. The minimum atomic E-state index is -2.53. The van der Waals surface area contributed by atoms with Crippen molar-refractivity contribution in [3.8, 4) is 0 Å². The van der Waals surface area contributed by atoms with Crippen molar-refractivity contribution in [1.82, 2.24) is 10.2 Å². The number of carbonyl (C=O) groups excluding carboxylic acids is 1. The summed E-state index contributed by atoms with van der Waals surface area (Å²) in [5.41, 5.74) is -0.0635.